The van der Waals surface area contributed by atoms with Crippen molar-refractivity contribution in [1.29, 1.82) is 0 Å². The number of sulfonamides is 1. The van der Waals surface area contributed by atoms with Crippen LogP contribution in [0.5, 0.6) is 0 Å². The van der Waals surface area contributed by atoms with Crippen LogP contribution in [0.1, 0.15) is 15.9 Å². The molecule has 0 bridgehead atoms. The van der Waals surface area contributed by atoms with Crippen molar-refractivity contribution in [3.8, 4) is 22.4 Å². The van der Waals surface area contributed by atoms with Gasteiger partial charge in [-0.05, 0) is 54.6 Å². The number of alkyl halides is 6. The van der Waals surface area contributed by atoms with Crippen LogP contribution in [0.2, 0.25) is 0 Å². The van der Waals surface area contributed by atoms with Gasteiger partial charge < -0.3 is 21.4 Å². The summed E-state index contributed by atoms with van der Waals surface area (Å²) in [5.41, 5.74) is 4.31. The molecule has 0 atom stereocenters. The van der Waals surface area contributed by atoms with Crippen molar-refractivity contribution in [1.82, 2.24) is 9.71 Å². The lowest BCUT2D eigenvalue weighted by molar-refractivity contribution is -0.193. The van der Waals surface area contributed by atoms with Gasteiger partial charge in [0.05, 0.1) is 22.4 Å². The molecule has 0 spiro atoms. The highest BCUT2D eigenvalue weighted by molar-refractivity contribution is 7.89. The van der Waals surface area contributed by atoms with Gasteiger partial charge in [0.15, 0.2) is 0 Å². The second kappa shape index (κ2) is 16.8. The molecule has 0 saturated carbocycles. The van der Waals surface area contributed by atoms with Crippen LogP contribution in [0, 0.1) is 0 Å². The largest absolute Gasteiger partial charge is 0.490 e. The van der Waals surface area contributed by atoms with E-state index in [1.165, 1.54) is 13.3 Å². The molecule has 0 unspecified atom stereocenters. The number of rotatable bonds is 7. The topological polar surface area (TPSA) is 201 Å². The third-order valence-electron chi connectivity index (χ3n) is 5.82. The van der Waals surface area contributed by atoms with E-state index in [2.05, 4.69) is 20.1 Å². The first-order valence-electron chi connectivity index (χ1n) is 13.1. The Bertz CT molecular complexity index is 1890. The first-order valence-corrected chi connectivity index (χ1v) is 14.6. The minimum Gasteiger partial charge on any atom is -0.475 e. The molecule has 0 fully saturated rings. The number of aromatic nitrogens is 1. The van der Waals surface area contributed by atoms with Gasteiger partial charge in [-0.1, -0.05) is 48.5 Å². The summed E-state index contributed by atoms with van der Waals surface area (Å²) in [6.45, 7) is 0. The van der Waals surface area contributed by atoms with E-state index < -0.39 is 34.3 Å². The maximum atomic E-state index is 13.1. The number of benzene rings is 3. The Kier molecular flexibility index (Phi) is 13.5. The lowest BCUT2D eigenvalue weighted by Crippen LogP contribution is -2.21. The van der Waals surface area contributed by atoms with Crippen molar-refractivity contribution in [3.63, 3.8) is 0 Å². The molecule has 4 rings (SSSR count). The molecular formula is C30H25F6N5O7S. The zero-order valence-corrected chi connectivity index (χ0v) is 25.6. The van der Waals surface area contributed by atoms with E-state index in [1.807, 2.05) is 24.3 Å². The summed E-state index contributed by atoms with van der Waals surface area (Å²) in [6, 6.07) is 24.5. The van der Waals surface area contributed by atoms with Crippen LogP contribution in [0.25, 0.3) is 22.4 Å². The summed E-state index contributed by atoms with van der Waals surface area (Å²) in [4.78, 5) is 35.5. The molecule has 1 heterocycles. The Labute approximate surface area is 274 Å². The monoisotopic (exact) mass is 713 g/mol. The molecule has 0 aliphatic heterocycles. The van der Waals surface area contributed by atoms with Crippen LogP contribution in [0.4, 0.5) is 32.0 Å². The molecule has 0 saturated heterocycles. The average Bonchev–Trinajstić information content (AvgIpc) is 3.05. The summed E-state index contributed by atoms with van der Waals surface area (Å²) < 4.78 is 90.6. The first-order chi connectivity index (χ1) is 22.8. The fraction of sp³-hybridized carbons (Fsp3) is 0.100. The zero-order chi connectivity index (χ0) is 37.0. The molecule has 1 amide bonds. The number of nitrogens with one attached hydrogen (secondary N) is 2. The Hall–Kier alpha value is -5.82. The van der Waals surface area contributed by atoms with E-state index in [1.54, 1.807) is 66.9 Å². The summed E-state index contributed by atoms with van der Waals surface area (Å²) in [5.74, 6) is -0.582. The van der Waals surface area contributed by atoms with Gasteiger partial charge in [-0.25, -0.2) is 22.7 Å². The summed E-state index contributed by atoms with van der Waals surface area (Å²) in [6.07, 6.45) is -7.02. The Morgan fingerprint density at radius 1 is 0.816 bits per heavy atom. The molecular weight excluding hydrogens is 688 g/mol. The van der Waals surface area contributed by atoms with Crippen LogP contribution >= 0.6 is 0 Å². The van der Waals surface area contributed by atoms with Gasteiger partial charge in [0.25, 0.3) is 5.91 Å². The highest BCUT2D eigenvalue weighted by Crippen LogP contribution is 2.29. The molecule has 1 aromatic heterocycles. The Morgan fingerprint density at radius 2 is 1.39 bits per heavy atom. The maximum absolute atomic E-state index is 13.1. The number of nitrogens with two attached hydrogens (primary N) is 1. The molecule has 260 valence electrons. The van der Waals surface area contributed by atoms with Gasteiger partial charge >= 0.3 is 24.3 Å². The minimum absolute atomic E-state index is 0.182. The maximum Gasteiger partial charge on any atom is 0.490 e. The van der Waals surface area contributed by atoms with Crippen molar-refractivity contribution in [2.75, 3.05) is 12.4 Å². The number of halogens is 6. The molecule has 19 heteroatoms. The SMILES string of the molecule is CNS(=O)(=O)c1ccccc1-c1ccc(NC(=O)c2cccnc2-c2cccc(C=NN)c2)cc1.O=C(O)C(F)(F)F.O=C(O)C(F)(F)F. The van der Waals surface area contributed by atoms with Crippen molar-refractivity contribution in [3.05, 3.63) is 102 Å². The molecule has 4 aromatic rings. The van der Waals surface area contributed by atoms with Crippen molar-refractivity contribution in [2.45, 2.75) is 17.2 Å². The zero-order valence-electron chi connectivity index (χ0n) is 24.8. The van der Waals surface area contributed by atoms with E-state index in [0.717, 1.165) is 11.1 Å². The van der Waals surface area contributed by atoms with Gasteiger partial charge in [0.2, 0.25) is 10.0 Å². The molecule has 12 nitrogen and oxygen atoms in total. The van der Waals surface area contributed by atoms with Crippen LogP contribution in [0.3, 0.4) is 0 Å². The predicted octanol–water partition coefficient (Wildman–Crippen LogP) is 5.14. The van der Waals surface area contributed by atoms with Crippen LogP contribution in [-0.4, -0.2) is 67.1 Å². The van der Waals surface area contributed by atoms with Gasteiger partial charge in [-0.3, -0.25) is 9.78 Å². The number of aliphatic carboxylic acids is 2. The Balaban J connectivity index is 0.000000500. The van der Waals surface area contributed by atoms with Crippen molar-refractivity contribution < 1.29 is 59.4 Å². The smallest absolute Gasteiger partial charge is 0.475 e. The number of amides is 1. The van der Waals surface area contributed by atoms with E-state index in [0.29, 0.717) is 28.1 Å². The molecule has 49 heavy (non-hydrogen) atoms. The van der Waals surface area contributed by atoms with Gasteiger partial charge in [-0.2, -0.15) is 31.4 Å². The quantitative estimate of drug-likeness (QED) is 0.0745. The number of carbonyl (C=O) groups excluding carboxylic acids is 1. The standard InChI is InChI=1S/C26H23N5O3S.2C2HF3O2/c1-28-35(33,34)24-10-3-2-8-22(24)19-11-13-21(14-12-19)31-26(32)23-9-5-15-29-25(23)20-7-4-6-18(16-20)17-30-27;2*3-2(4,5)1(6)7/h2-17,28H,27H2,1H3,(H,31,32);2*(H,6,7). The second-order valence-corrected chi connectivity index (χ2v) is 11.0. The molecule has 0 aliphatic carbocycles. The van der Waals surface area contributed by atoms with Crippen LogP contribution < -0.4 is 15.9 Å². The van der Waals surface area contributed by atoms with Gasteiger partial charge in [0.1, 0.15) is 0 Å². The number of carbonyl (C=O) groups is 3. The molecule has 6 N–H and O–H groups in total. The van der Waals surface area contributed by atoms with Crippen LogP contribution in [-0.2, 0) is 19.6 Å². The average molecular weight is 714 g/mol. The lowest BCUT2D eigenvalue weighted by Gasteiger charge is -2.12. The number of hydrogen-bond donors (Lipinski definition) is 5. The van der Waals surface area contributed by atoms with Crippen molar-refractivity contribution >= 4 is 39.8 Å². The fourth-order valence-electron chi connectivity index (χ4n) is 3.65. The second-order valence-electron chi connectivity index (χ2n) is 9.14. The predicted molar refractivity (Wildman–Crippen MR) is 165 cm³/mol. The van der Waals surface area contributed by atoms with E-state index in [9.17, 15) is 39.6 Å². The van der Waals surface area contributed by atoms with E-state index in [4.69, 9.17) is 25.6 Å². The minimum atomic E-state index is -5.08. The fourth-order valence-corrected chi connectivity index (χ4v) is 4.60. The highest BCUT2D eigenvalue weighted by atomic mass is 32.2. The number of nitrogens with zero attached hydrogens (tertiary/aromatic N) is 2. The first kappa shape index (κ1) is 39.4. The number of hydrogen-bond acceptors (Lipinski definition) is 8. The normalized spacial score (nSPS) is 11.4. The third-order valence-corrected chi connectivity index (χ3v) is 7.29. The molecule has 3 aromatic carbocycles. The summed E-state index contributed by atoms with van der Waals surface area (Å²) >= 11 is 0. The van der Waals surface area contributed by atoms with E-state index in [-0.39, 0.29) is 10.8 Å². The van der Waals surface area contributed by atoms with Gasteiger partial charge in [-0.15, -0.1) is 0 Å². The third kappa shape index (κ3) is 11.7. The summed E-state index contributed by atoms with van der Waals surface area (Å²) in [5, 5.41) is 20.7. The number of pyridine rings is 1. The number of carboxylic acids is 2. The Morgan fingerprint density at radius 3 is 1.92 bits per heavy atom. The van der Waals surface area contributed by atoms with E-state index >= 15 is 0 Å². The number of hydrazone groups is 1. The number of anilines is 1. The van der Waals surface area contributed by atoms with Crippen molar-refractivity contribution in [2.24, 2.45) is 10.9 Å². The summed E-state index contributed by atoms with van der Waals surface area (Å²) in [7, 11) is -2.25. The molecule has 0 aliphatic rings. The molecule has 0 radical (unpaired) electrons. The highest BCUT2D eigenvalue weighted by Gasteiger charge is 2.38. The van der Waals surface area contributed by atoms with Gasteiger partial charge in [0, 0.05) is 23.0 Å². The number of carboxylic acid groups (broad SMARTS) is 2. The lowest BCUT2D eigenvalue weighted by atomic mass is 10.0. The van der Waals surface area contributed by atoms with Crippen LogP contribution in [0.15, 0.2) is 101 Å².